The van der Waals surface area contributed by atoms with Crippen LogP contribution in [-0.2, 0) is 6.42 Å². The molecular weight excluding hydrogens is 250 g/mol. The second-order valence-corrected chi connectivity index (χ2v) is 5.91. The van der Waals surface area contributed by atoms with Crippen molar-refractivity contribution in [2.24, 2.45) is 0 Å². The first kappa shape index (κ1) is 16.7. The van der Waals surface area contributed by atoms with E-state index in [1.165, 1.54) is 0 Å². The summed E-state index contributed by atoms with van der Waals surface area (Å²) in [5.41, 5.74) is 1.15. The Hall–Kier alpha value is -1.36. The first-order valence-corrected chi connectivity index (χ1v) is 7.34. The maximum atomic E-state index is 4.62. The normalized spacial score (nSPS) is 11.8. The van der Waals surface area contributed by atoms with Crippen LogP contribution in [0.5, 0.6) is 0 Å². The van der Waals surface area contributed by atoms with Gasteiger partial charge in [0.2, 0.25) is 0 Å². The summed E-state index contributed by atoms with van der Waals surface area (Å²) in [6.07, 6.45) is 0.838. The van der Waals surface area contributed by atoms with Gasteiger partial charge in [0.05, 0.1) is 0 Å². The lowest BCUT2D eigenvalue weighted by Crippen LogP contribution is -2.44. The third-order valence-electron chi connectivity index (χ3n) is 3.75. The molecule has 0 aliphatic heterocycles. The van der Waals surface area contributed by atoms with Crippen molar-refractivity contribution in [3.63, 3.8) is 0 Å². The Kier molecular flexibility index (Phi) is 5.74. The van der Waals surface area contributed by atoms with E-state index in [2.05, 4.69) is 74.2 Å². The van der Waals surface area contributed by atoms with Gasteiger partial charge in [0, 0.05) is 30.6 Å². The SMILES string of the molecule is CCNc1nc(CC)nc(NCC(C)(C)N(C)C)c1C. The molecule has 2 N–H and O–H groups in total. The molecule has 0 aliphatic rings. The van der Waals surface area contributed by atoms with Crippen molar-refractivity contribution < 1.29 is 0 Å². The Bertz CT molecular complexity index is 440. The molecule has 20 heavy (non-hydrogen) atoms. The molecule has 1 rings (SSSR count). The number of anilines is 2. The first-order chi connectivity index (χ1) is 9.31. The molecule has 0 aliphatic carbocycles. The number of nitrogens with one attached hydrogen (secondary N) is 2. The molecule has 5 heteroatoms. The van der Waals surface area contributed by atoms with Crippen molar-refractivity contribution in [3.05, 3.63) is 11.4 Å². The second kappa shape index (κ2) is 6.88. The van der Waals surface area contributed by atoms with Gasteiger partial charge in [0.1, 0.15) is 17.5 Å². The summed E-state index contributed by atoms with van der Waals surface area (Å²) >= 11 is 0. The maximum Gasteiger partial charge on any atom is 0.134 e. The fraction of sp³-hybridized carbons (Fsp3) is 0.733. The lowest BCUT2D eigenvalue weighted by molar-refractivity contribution is 0.210. The number of nitrogens with zero attached hydrogens (tertiary/aromatic N) is 3. The van der Waals surface area contributed by atoms with Crippen LogP contribution in [0.2, 0.25) is 0 Å². The van der Waals surface area contributed by atoms with Crippen molar-refractivity contribution in [1.29, 1.82) is 0 Å². The number of likely N-dealkylation sites (N-methyl/N-ethyl adjacent to an activating group) is 1. The number of aromatic nitrogens is 2. The molecule has 0 bridgehead atoms. The molecule has 0 aromatic carbocycles. The summed E-state index contributed by atoms with van der Waals surface area (Å²) < 4.78 is 0. The van der Waals surface area contributed by atoms with Gasteiger partial charge in [0.25, 0.3) is 0 Å². The molecule has 0 atom stereocenters. The van der Waals surface area contributed by atoms with Crippen LogP contribution < -0.4 is 10.6 Å². The standard InChI is InChI=1S/C15H29N5/c1-8-12-18-13(16-9-2)11(3)14(19-12)17-10-15(4,5)20(6)7/h8-10H2,1-7H3,(H2,16,17,18,19). The van der Waals surface area contributed by atoms with Gasteiger partial charge < -0.3 is 15.5 Å². The van der Waals surface area contributed by atoms with E-state index in [0.717, 1.165) is 42.5 Å². The number of hydrogen-bond donors (Lipinski definition) is 2. The highest BCUT2D eigenvalue weighted by atomic mass is 15.2. The van der Waals surface area contributed by atoms with E-state index in [4.69, 9.17) is 0 Å². The van der Waals surface area contributed by atoms with Gasteiger partial charge >= 0.3 is 0 Å². The van der Waals surface area contributed by atoms with E-state index >= 15 is 0 Å². The van der Waals surface area contributed by atoms with Crippen molar-refractivity contribution in [2.75, 3.05) is 37.8 Å². The zero-order valence-electron chi connectivity index (χ0n) is 14.0. The van der Waals surface area contributed by atoms with Crippen LogP contribution in [0.3, 0.4) is 0 Å². The van der Waals surface area contributed by atoms with Crippen molar-refractivity contribution in [3.8, 4) is 0 Å². The molecule has 1 heterocycles. The molecule has 0 radical (unpaired) electrons. The van der Waals surface area contributed by atoms with Gasteiger partial charge in [0.15, 0.2) is 0 Å². The van der Waals surface area contributed by atoms with Crippen LogP contribution in [0.15, 0.2) is 0 Å². The molecule has 1 aromatic rings. The van der Waals surface area contributed by atoms with E-state index in [1.807, 2.05) is 0 Å². The average molecular weight is 279 g/mol. The van der Waals surface area contributed by atoms with E-state index in [1.54, 1.807) is 0 Å². The average Bonchev–Trinajstić information content (AvgIpc) is 2.39. The zero-order chi connectivity index (χ0) is 15.3. The first-order valence-electron chi connectivity index (χ1n) is 7.34. The Morgan fingerprint density at radius 2 is 1.60 bits per heavy atom. The molecular formula is C15H29N5. The van der Waals surface area contributed by atoms with Crippen LogP contribution in [0, 0.1) is 6.92 Å². The molecule has 114 valence electrons. The van der Waals surface area contributed by atoms with Crippen LogP contribution in [0.4, 0.5) is 11.6 Å². The summed E-state index contributed by atoms with van der Waals surface area (Å²) in [7, 11) is 4.19. The minimum atomic E-state index is 0.0715. The minimum Gasteiger partial charge on any atom is -0.370 e. The monoisotopic (exact) mass is 279 g/mol. The molecule has 0 fully saturated rings. The largest absolute Gasteiger partial charge is 0.370 e. The zero-order valence-corrected chi connectivity index (χ0v) is 14.0. The Balaban J connectivity index is 2.96. The highest BCUT2D eigenvalue weighted by Crippen LogP contribution is 2.21. The van der Waals surface area contributed by atoms with Crippen LogP contribution >= 0.6 is 0 Å². The predicted octanol–water partition coefficient (Wildman–Crippen LogP) is 2.53. The molecule has 0 saturated carbocycles. The second-order valence-electron chi connectivity index (χ2n) is 5.91. The number of hydrogen-bond acceptors (Lipinski definition) is 5. The van der Waals surface area contributed by atoms with Crippen molar-refractivity contribution >= 4 is 11.6 Å². The van der Waals surface area contributed by atoms with Gasteiger partial charge in [-0.2, -0.15) is 0 Å². The fourth-order valence-corrected chi connectivity index (χ4v) is 1.69. The quantitative estimate of drug-likeness (QED) is 0.803. The summed E-state index contributed by atoms with van der Waals surface area (Å²) in [5, 5.41) is 6.78. The molecule has 0 amide bonds. The molecule has 0 unspecified atom stereocenters. The Morgan fingerprint density at radius 3 is 2.05 bits per heavy atom. The van der Waals surface area contributed by atoms with Crippen molar-refractivity contribution in [1.82, 2.24) is 14.9 Å². The third-order valence-corrected chi connectivity index (χ3v) is 3.75. The van der Waals surface area contributed by atoms with Gasteiger partial charge in [-0.15, -0.1) is 0 Å². The van der Waals surface area contributed by atoms with Gasteiger partial charge in [-0.3, -0.25) is 0 Å². The number of aryl methyl sites for hydroxylation is 1. The van der Waals surface area contributed by atoms with E-state index < -0.39 is 0 Å². The maximum absolute atomic E-state index is 4.62. The van der Waals surface area contributed by atoms with Gasteiger partial charge in [-0.05, 0) is 41.8 Å². The molecule has 1 aromatic heterocycles. The van der Waals surface area contributed by atoms with Crippen LogP contribution in [0.1, 0.15) is 39.1 Å². The van der Waals surface area contributed by atoms with E-state index in [-0.39, 0.29) is 5.54 Å². The Morgan fingerprint density at radius 1 is 1.05 bits per heavy atom. The lowest BCUT2D eigenvalue weighted by Gasteiger charge is -2.33. The van der Waals surface area contributed by atoms with Gasteiger partial charge in [-0.1, -0.05) is 6.92 Å². The Labute approximate surface area is 123 Å². The summed E-state index contributed by atoms with van der Waals surface area (Å²) in [6, 6.07) is 0. The topological polar surface area (TPSA) is 53.1 Å². The van der Waals surface area contributed by atoms with E-state index in [9.17, 15) is 0 Å². The smallest absolute Gasteiger partial charge is 0.134 e. The number of rotatable bonds is 7. The van der Waals surface area contributed by atoms with Crippen molar-refractivity contribution in [2.45, 2.75) is 46.6 Å². The summed E-state index contributed by atoms with van der Waals surface area (Å²) in [6.45, 7) is 12.3. The molecule has 5 nitrogen and oxygen atoms in total. The fourth-order valence-electron chi connectivity index (χ4n) is 1.69. The third kappa shape index (κ3) is 4.07. The lowest BCUT2D eigenvalue weighted by atomic mass is 10.0. The molecule has 0 saturated heterocycles. The predicted molar refractivity (Wildman–Crippen MR) is 86.6 cm³/mol. The van der Waals surface area contributed by atoms with Gasteiger partial charge in [-0.25, -0.2) is 9.97 Å². The highest BCUT2D eigenvalue weighted by Gasteiger charge is 2.21. The molecule has 0 spiro atoms. The highest BCUT2D eigenvalue weighted by molar-refractivity contribution is 5.57. The summed E-state index contributed by atoms with van der Waals surface area (Å²) in [5.74, 6) is 2.74. The van der Waals surface area contributed by atoms with Crippen LogP contribution in [-0.4, -0.2) is 47.6 Å². The van der Waals surface area contributed by atoms with E-state index in [0.29, 0.717) is 0 Å². The van der Waals surface area contributed by atoms with Crippen LogP contribution in [0.25, 0.3) is 0 Å². The minimum absolute atomic E-state index is 0.0715. The summed E-state index contributed by atoms with van der Waals surface area (Å²) in [4.78, 5) is 11.4.